The fourth-order valence-electron chi connectivity index (χ4n) is 3.77. The molecule has 3 nitrogen and oxygen atoms in total. The third-order valence-corrected chi connectivity index (χ3v) is 4.81. The maximum Gasteiger partial charge on any atom is 0.335 e. The number of hydrogen-bond donors (Lipinski definition) is 0. The van der Waals surface area contributed by atoms with Crippen LogP contribution in [0.2, 0.25) is 0 Å². The van der Waals surface area contributed by atoms with Gasteiger partial charge in [-0.3, -0.25) is 4.90 Å². The molecule has 1 atom stereocenters. The van der Waals surface area contributed by atoms with Crippen LogP contribution in [-0.4, -0.2) is 30.5 Å². The van der Waals surface area contributed by atoms with Gasteiger partial charge in [-0.25, -0.2) is 4.79 Å². The van der Waals surface area contributed by atoms with E-state index in [-0.39, 0.29) is 5.97 Å². The Hall–Kier alpha value is -1.61. The van der Waals surface area contributed by atoms with Gasteiger partial charge in [-0.05, 0) is 30.9 Å². The van der Waals surface area contributed by atoms with Crippen LogP contribution < -0.4 is 0 Å². The summed E-state index contributed by atoms with van der Waals surface area (Å²) in [6.07, 6.45) is 1.66. The van der Waals surface area contributed by atoms with Crippen molar-refractivity contribution in [1.29, 1.82) is 0 Å². The number of ether oxygens (including phenoxy) is 1. The summed E-state index contributed by atoms with van der Waals surface area (Å²) in [7, 11) is 0. The Morgan fingerprint density at radius 3 is 2.64 bits per heavy atom. The van der Waals surface area contributed by atoms with E-state index in [1.165, 1.54) is 5.57 Å². The van der Waals surface area contributed by atoms with Crippen LogP contribution in [0.5, 0.6) is 0 Å². The maximum atomic E-state index is 12.5. The molecule has 0 fully saturated rings. The average molecular weight is 299 g/mol. The highest BCUT2D eigenvalue weighted by molar-refractivity contribution is 5.93. The normalized spacial score (nSPS) is 25.5. The van der Waals surface area contributed by atoms with Gasteiger partial charge in [-0.15, -0.1) is 0 Å². The number of hydrogen-bond acceptors (Lipinski definition) is 3. The van der Waals surface area contributed by atoms with Gasteiger partial charge in [0.2, 0.25) is 0 Å². The van der Waals surface area contributed by atoms with Gasteiger partial charge < -0.3 is 4.74 Å². The van der Waals surface area contributed by atoms with Crippen LogP contribution in [0, 0.1) is 5.92 Å². The molecule has 0 spiro atoms. The molecule has 0 aliphatic carbocycles. The zero-order valence-electron chi connectivity index (χ0n) is 13.8. The van der Waals surface area contributed by atoms with E-state index in [1.807, 2.05) is 18.2 Å². The van der Waals surface area contributed by atoms with Crippen LogP contribution >= 0.6 is 0 Å². The summed E-state index contributed by atoms with van der Waals surface area (Å²) in [6.45, 7) is 9.37. The lowest BCUT2D eigenvalue weighted by molar-refractivity contribution is -0.149. The molecular formula is C19H25NO2. The zero-order chi connectivity index (χ0) is 15.7. The van der Waals surface area contributed by atoms with E-state index in [2.05, 4.69) is 37.8 Å². The Morgan fingerprint density at radius 1 is 1.27 bits per heavy atom. The first kappa shape index (κ1) is 15.3. The molecule has 0 bridgehead atoms. The van der Waals surface area contributed by atoms with Crippen molar-refractivity contribution in [2.45, 2.75) is 39.2 Å². The lowest BCUT2D eigenvalue weighted by Gasteiger charge is -2.36. The van der Waals surface area contributed by atoms with Gasteiger partial charge in [0.1, 0.15) is 0 Å². The van der Waals surface area contributed by atoms with Crippen molar-refractivity contribution >= 4 is 5.97 Å². The van der Waals surface area contributed by atoms with Gasteiger partial charge in [-0.2, -0.15) is 0 Å². The quantitative estimate of drug-likeness (QED) is 0.797. The second kappa shape index (κ2) is 5.88. The molecule has 0 saturated heterocycles. The SMILES string of the molecule is CCN1CCC2=C(C1)C(CC(C)C)(c1ccccc1)OC2=O. The molecule has 2 aliphatic heterocycles. The fourth-order valence-corrected chi connectivity index (χ4v) is 3.77. The van der Waals surface area contributed by atoms with Gasteiger partial charge in [0.15, 0.2) is 5.60 Å². The number of benzene rings is 1. The van der Waals surface area contributed by atoms with Crippen molar-refractivity contribution in [2.24, 2.45) is 5.92 Å². The highest BCUT2D eigenvalue weighted by atomic mass is 16.6. The van der Waals surface area contributed by atoms with Crippen LogP contribution in [0.15, 0.2) is 41.5 Å². The number of cyclic esters (lactones) is 1. The maximum absolute atomic E-state index is 12.5. The number of nitrogens with zero attached hydrogens (tertiary/aromatic N) is 1. The summed E-state index contributed by atoms with van der Waals surface area (Å²) in [5, 5.41) is 0. The monoisotopic (exact) mass is 299 g/mol. The first-order chi connectivity index (χ1) is 10.6. The van der Waals surface area contributed by atoms with Crippen LogP contribution in [0.3, 0.4) is 0 Å². The minimum Gasteiger partial charge on any atom is -0.446 e. The molecule has 0 radical (unpaired) electrons. The molecule has 0 amide bonds. The standard InChI is InChI=1S/C19H25NO2/c1-4-20-11-10-16-17(13-20)19(12-14(2)3,22-18(16)21)15-8-6-5-7-9-15/h5-9,14H,4,10-13H2,1-3H3. The van der Waals surface area contributed by atoms with Crippen molar-refractivity contribution in [3.63, 3.8) is 0 Å². The Bertz CT molecular complexity index is 591. The van der Waals surface area contributed by atoms with E-state index in [4.69, 9.17) is 4.74 Å². The van der Waals surface area contributed by atoms with Crippen molar-refractivity contribution in [1.82, 2.24) is 4.90 Å². The topological polar surface area (TPSA) is 29.5 Å². The minimum atomic E-state index is -0.560. The number of esters is 1. The second-order valence-electron chi connectivity index (χ2n) is 6.76. The van der Waals surface area contributed by atoms with E-state index >= 15 is 0 Å². The highest BCUT2D eigenvalue weighted by Crippen LogP contribution is 2.48. The number of carbonyl (C=O) groups excluding carboxylic acids is 1. The molecule has 0 saturated carbocycles. The summed E-state index contributed by atoms with van der Waals surface area (Å²) in [6, 6.07) is 10.3. The Labute approximate surface area is 133 Å². The summed E-state index contributed by atoms with van der Waals surface area (Å²) < 4.78 is 6.05. The van der Waals surface area contributed by atoms with Gasteiger partial charge in [0.05, 0.1) is 0 Å². The fraction of sp³-hybridized carbons (Fsp3) is 0.526. The van der Waals surface area contributed by atoms with Crippen LogP contribution in [-0.2, 0) is 15.1 Å². The summed E-state index contributed by atoms with van der Waals surface area (Å²) >= 11 is 0. The smallest absolute Gasteiger partial charge is 0.335 e. The molecule has 2 aliphatic rings. The van der Waals surface area contributed by atoms with E-state index in [9.17, 15) is 4.79 Å². The highest BCUT2D eigenvalue weighted by Gasteiger charge is 2.50. The summed E-state index contributed by atoms with van der Waals surface area (Å²) in [5.74, 6) is 0.354. The van der Waals surface area contributed by atoms with Crippen molar-refractivity contribution in [2.75, 3.05) is 19.6 Å². The van der Waals surface area contributed by atoms with E-state index in [0.29, 0.717) is 5.92 Å². The third-order valence-electron chi connectivity index (χ3n) is 4.81. The Morgan fingerprint density at radius 2 is 2.00 bits per heavy atom. The lowest BCUT2D eigenvalue weighted by Crippen LogP contribution is -2.39. The molecule has 0 N–H and O–H groups in total. The van der Waals surface area contributed by atoms with E-state index in [0.717, 1.165) is 43.6 Å². The molecule has 3 heteroatoms. The Kier molecular flexibility index (Phi) is 4.09. The van der Waals surface area contributed by atoms with E-state index in [1.54, 1.807) is 0 Å². The second-order valence-corrected chi connectivity index (χ2v) is 6.76. The molecule has 1 aromatic carbocycles. The largest absolute Gasteiger partial charge is 0.446 e. The van der Waals surface area contributed by atoms with Gasteiger partial charge in [0.25, 0.3) is 0 Å². The molecular weight excluding hydrogens is 274 g/mol. The summed E-state index contributed by atoms with van der Waals surface area (Å²) in [5.41, 5.74) is 2.68. The molecule has 22 heavy (non-hydrogen) atoms. The molecule has 3 rings (SSSR count). The number of carbonyl (C=O) groups is 1. The van der Waals surface area contributed by atoms with Crippen molar-refractivity contribution in [3.8, 4) is 0 Å². The molecule has 118 valence electrons. The zero-order valence-corrected chi connectivity index (χ0v) is 13.8. The first-order valence-electron chi connectivity index (χ1n) is 8.30. The van der Waals surface area contributed by atoms with Crippen LogP contribution in [0.1, 0.15) is 39.2 Å². The van der Waals surface area contributed by atoms with Gasteiger partial charge in [0, 0.05) is 24.2 Å². The van der Waals surface area contributed by atoms with Crippen LogP contribution in [0.25, 0.3) is 0 Å². The third kappa shape index (κ3) is 2.48. The predicted octanol–water partition coefficient (Wildman–Crippen LogP) is 3.51. The number of likely N-dealkylation sites (N-methyl/N-ethyl adjacent to an activating group) is 1. The molecule has 1 aromatic rings. The summed E-state index contributed by atoms with van der Waals surface area (Å²) in [4.78, 5) is 14.9. The lowest BCUT2D eigenvalue weighted by atomic mass is 9.77. The molecule has 1 unspecified atom stereocenters. The first-order valence-corrected chi connectivity index (χ1v) is 8.30. The minimum absolute atomic E-state index is 0.102. The molecule has 2 heterocycles. The van der Waals surface area contributed by atoms with Crippen molar-refractivity contribution in [3.05, 3.63) is 47.0 Å². The van der Waals surface area contributed by atoms with Crippen molar-refractivity contribution < 1.29 is 9.53 Å². The average Bonchev–Trinajstić information content (AvgIpc) is 2.80. The predicted molar refractivity (Wildman–Crippen MR) is 87.4 cm³/mol. The van der Waals surface area contributed by atoms with E-state index < -0.39 is 5.60 Å². The van der Waals surface area contributed by atoms with Gasteiger partial charge in [-0.1, -0.05) is 51.1 Å². The van der Waals surface area contributed by atoms with Crippen LogP contribution in [0.4, 0.5) is 0 Å². The van der Waals surface area contributed by atoms with Gasteiger partial charge >= 0.3 is 5.97 Å². The number of rotatable bonds is 4. The molecule has 0 aromatic heterocycles. The Balaban J connectivity index is 2.10.